The average molecular weight is 257 g/mol. The molecule has 102 valence electrons. The number of aliphatic hydroxyl groups is 2. The van der Waals surface area contributed by atoms with Gasteiger partial charge in [0.05, 0.1) is 24.3 Å². The number of aliphatic hydroxyl groups excluding tert-OH is 2. The molecule has 0 radical (unpaired) electrons. The van der Waals surface area contributed by atoms with Crippen LogP contribution in [0.5, 0.6) is 0 Å². The number of carbonyl (C=O) groups is 2. The standard InChI is InChI=1S/C11H19N3O4/c1-6(16)9(10(12)18)14-5-11(7(14)4-15)3-2-8(17)13-11/h6-7,9,15-16H,2-5H2,1H3,(H2,12,18)(H,13,17)/t6-,7?,9+,11?/m1/s1. The largest absolute Gasteiger partial charge is 0.395 e. The number of amides is 2. The van der Waals surface area contributed by atoms with Crippen LogP contribution < -0.4 is 11.1 Å². The molecule has 0 aromatic carbocycles. The van der Waals surface area contributed by atoms with Crippen molar-refractivity contribution in [3.63, 3.8) is 0 Å². The minimum Gasteiger partial charge on any atom is -0.395 e. The summed E-state index contributed by atoms with van der Waals surface area (Å²) < 4.78 is 0. The first kappa shape index (κ1) is 13.3. The molecule has 2 aliphatic rings. The lowest BCUT2D eigenvalue weighted by molar-refractivity contribution is -0.145. The number of hydrogen-bond acceptors (Lipinski definition) is 5. The molecule has 2 rings (SSSR count). The molecule has 2 unspecified atom stereocenters. The Kier molecular flexibility index (Phi) is 3.31. The van der Waals surface area contributed by atoms with Crippen LogP contribution in [0.3, 0.4) is 0 Å². The van der Waals surface area contributed by atoms with Crippen molar-refractivity contribution in [2.24, 2.45) is 5.73 Å². The molecular weight excluding hydrogens is 238 g/mol. The zero-order chi connectivity index (χ0) is 13.5. The summed E-state index contributed by atoms with van der Waals surface area (Å²) >= 11 is 0. The van der Waals surface area contributed by atoms with Crippen LogP contribution in [0.1, 0.15) is 19.8 Å². The van der Waals surface area contributed by atoms with Crippen molar-refractivity contribution in [1.82, 2.24) is 10.2 Å². The first-order chi connectivity index (χ1) is 8.41. The second-order valence-electron chi connectivity index (χ2n) is 5.16. The van der Waals surface area contributed by atoms with Gasteiger partial charge in [-0.25, -0.2) is 0 Å². The van der Waals surface area contributed by atoms with Crippen molar-refractivity contribution in [2.75, 3.05) is 13.2 Å². The Morgan fingerprint density at radius 1 is 1.72 bits per heavy atom. The Labute approximate surface area is 105 Å². The molecule has 7 nitrogen and oxygen atoms in total. The molecule has 0 bridgehead atoms. The van der Waals surface area contributed by atoms with Crippen LogP contribution in [-0.4, -0.2) is 63.8 Å². The van der Waals surface area contributed by atoms with E-state index in [4.69, 9.17) is 5.73 Å². The highest BCUT2D eigenvalue weighted by molar-refractivity contribution is 5.82. The summed E-state index contributed by atoms with van der Waals surface area (Å²) in [6.45, 7) is 1.74. The van der Waals surface area contributed by atoms with Crippen LogP contribution in [0.4, 0.5) is 0 Å². The van der Waals surface area contributed by atoms with E-state index in [0.717, 1.165) is 0 Å². The molecule has 1 spiro atoms. The van der Waals surface area contributed by atoms with Gasteiger partial charge in [-0.3, -0.25) is 14.5 Å². The van der Waals surface area contributed by atoms with E-state index in [1.807, 2.05) is 0 Å². The van der Waals surface area contributed by atoms with Gasteiger partial charge in [-0.05, 0) is 13.3 Å². The Morgan fingerprint density at radius 2 is 2.39 bits per heavy atom. The Morgan fingerprint density at radius 3 is 2.78 bits per heavy atom. The van der Waals surface area contributed by atoms with E-state index >= 15 is 0 Å². The summed E-state index contributed by atoms with van der Waals surface area (Å²) in [6, 6.07) is -1.19. The van der Waals surface area contributed by atoms with E-state index in [1.54, 1.807) is 4.90 Å². The Balaban J connectivity index is 2.14. The Bertz CT molecular complexity index is 373. The highest BCUT2D eigenvalue weighted by Gasteiger charge is 2.58. The number of hydrogen-bond donors (Lipinski definition) is 4. The minimum atomic E-state index is -0.911. The van der Waals surface area contributed by atoms with Gasteiger partial charge in [-0.1, -0.05) is 0 Å². The molecule has 5 N–H and O–H groups in total. The van der Waals surface area contributed by atoms with Crippen molar-refractivity contribution in [3.8, 4) is 0 Å². The molecule has 7 heteroatoms. The summed E-state index contributed by atoms with van der Waals surface area (Å²) in [5.74, 6) is -0.664. The molecule has 0 aliphatic carbocycles. The van der Waals surface area contributed by atoms with Gasteiger partial charge in [0.15, 0.2) is 0 Å². The summed E-state index contributed by atoms with van der Waals surface area (Å²) in [7, 11) is 0. The maximum atomic E-state index is 11.4. The van der Waals surface area contributed by atoms with Crippen LogP contribution >= 0.6 is 0 Å². The quantitative estimate of drug-likeness (QED) is 0.446. The predicted molar refractivity (Wildman–Crippen MR) is 62.4 cm³/mol. The van der Waals surface area contributed by atoms with Crippen LogP contribution in [0, 0.1) is 0 Å². The summed E-state index contributed by atoms with van der Waals surface area (Å²) in [6.07, 6.45) is 0.157. The van der Waals surface area contributed by atoms with Crippen LogP contribution in [0.25, 0.3) is 0 Å². The second kappa shape index (κ2) is 4.49. The molecule has 18 heavy (non-hydrogen) atoms. The highest BCUT2D eigenvalue weighted by Crippen LogP contribution is 2.38. The van der Waals surface area contributed by atoms with E-state index in [-0.39, 0.29) is 18.6 Å². The minimum absolute atomic E-state index is 0.0410. The van der Waals surface area contributed by atoms with Gasteiger partial charge in [0.25, 0.3) is 0 Å². The van der Waals surface area contributed by atoms with Gasteiger partial charge in [0.2, 0.25) is 11.8 Å². The third-order valence-corrected chi connectivity index (χ3v) is 3.97. The number of likely N-dealkylation sites (tertiary alicyclic amines) is 1. The number of primary amides is 1. The molecule has 0 aromatic heterocycles. The van der Waals surface area contributed by atoms with Crippen molar-refractivity contribution < 1.29 is 19.8 Å². The zero-order valence-electron chi connectivity index (χ0n) is 10.3. The van der Waals surface area contributed by atoms with Gasteiger partial charge < -0.3 is 21.3 Å². The lowest BCUT2D eigenvalue weighted by Crippen LogP contribution is -2.79. The van der Waals surface area contributed by atoms with Gasteiger partial charge in [-0.2, -0.15) is 0 Å². The second-order valence-corrected chi connectivity index (χ2v) is 5.16. The average Bonchev–Trinajstić information content (AvgIpc) is 2.61. The molecule has 4 atom stereocenters. The van der Waals surface area contributed by atoms with Crippen molar-refractivity contribution in [2.45, 2.75) is 43.5 Å². The first-order valence-electron chi connectivity index (χ1n) is 6.06. The number of rotatable bonds is 4. The number of carbonyl (C=O) groups excluding carboxylic acids is 2. The third-order valence-electron chi connectivity index (χ3n) is 3.97. The third kappa shape index (κ3) is 1.88. The fourth-order valence-corrected chi connectivity index (χ4v) is 3.10. The summed E-state index contributed by atoms with van der Waals surface area (Å²) in [4.78, 5) is 24.3. The molecule has 0 saturated carbocycles. The van der Waals surface area contributed by atoms with E-state index in [9.17, 15) is 19.8 Å². The maximum Gasteiger partial charge on any atom is 0.237 e. The fourth-order valence-electron chi connectivity index (χ4n) is 3.10. The summed E-state index contributed by atoms with van der Waals surface area (Å²) in [5, 5.41) is 21.9. The highest BCUT2D eigenvalue weighted by atomic mass is 16.3. The lowest BCUT2D eigenvalue weighted by atomic mass is 9.77. The zero-order valence-corrected chi connectivity index (χ0v) is 10.3. The molecule has 2 aliphatic heterocycles. The Hall–Kier alpha value is -1.18. The molecule has 2 heterocycles. The van der Waals surface area contributed by atoms with Crippen molar-refractivity contribution in [3.05, 3.63) is 0 Å². The van der Waals surface area contributed by atoms with Gasteiger partial charge >= 0.3 is 0 Å². The van der Waals surface area contributed by atoms with Gasteiger partial charge in [0.1, 0.15) is 6.04 Å². The van der Waals surface area contributed by atoms with Crippen LogP contribution in [0.15, 0.2) is 0 Å². The molecule has 2 fully saturated rings. The van der Waals surface area contributed by atoms with Gasteiger partial charge in [-0.15, -0.1) is 0 Å². The monoisotopic (exact) mass is 257 g/mol. The fraction of sp³-hybridized carbons (Fsp3) is 0.818. The number of nitrogens with zero attached hydrogens (tertiary/aromatic N) is 1. The van der Waals surface area contributed by atoms with Crippen LogP contribution in [0.2, 0.25) is 0 Å². The molecule has 2 amide bonds. The predicted octanol–water partition coefficient (Wildman–Crippen LogP) is -2.45. The van der Waals surface area contributed by atoms with E-state index in [2.05, 4.69) is 5.32 Å². The van der Waals surface area contributed by atoms with Gasteiger partial charge in [0, 0.05) is 13.0 Å². The molecule has 2 saturated heterocycles. The maximum absolute atomic E-state index is 11.4. The van der Waals surface area contributed by atoms with E-state index < -0.39 is 23.6 Å². The van der Waals surface area contributed by atoms with Crippen molar-refractivity contribution in [1.29, 1.82) is 0 Å². The SMILES string of the molecule is C[C@@H](O)[C@@H](C(N)=O)N1CC2(CCC(=O)N2)C1CO. The first-order valence-corrected chi connectivity index (χ1v) is 6.06. The van der Waals surface area contributed by atoms with E-state index in [0.29, 0.717) is 19.4 Å². The topological polar surface area (TPSA) is 116 Å². The van der Waals surface area contributed by atoms with Crippen molar-refractivity contribution >= 4 is 11.8 Å². The van der Waals surface area contributed by atoms with E-state index in [1.165, 1.54) is 6.92 Å². The normalized spacial score (nSPS) is 35.1. The summed E-state index contributed by atoms with van der Waals surface area (Å²) in [5.41, 5.74) is 4.81. The smallest absolute Gasteiger partial charge is 0.237 e. The lowest BCUT2D eigenvalue weighted by Gasteiger charge is -2.57. The molecular formula is C11H19N3O4. The number of nitrogens with two attached hydrogens (primary N) is 1. The molecule has 0 aromatic rings. The number of nitrogens with one attached hydrogen (secondary N) is 1. The van der Waals surface area contributed by atoms with Crippen LogP contribution in [-0.2, 0) is 9.59 Å².